The number of nitrogens with one attached hydrogen (secondary N) is 2. The zero-order valence-electron chi connectivity index (χ0n) is 18.1. The molecule has 1 aliphatic rings. The highest BCUT2D eigenvalue weighted by atomic mass is 16.8. The van der Waals surface area contributed by atoms with E-state index in [2.05, 4.69) is 15.4 Å². The smallest absolute Gasteiger partial charge is 0.267 e. The molecule has 1 unspecified atom stereocenters. The number of hydrogen-bond acceptors (Lipinski definition) is 5. The number of carbonyl (C=O) groups is 1. The van der Waals surface area contributed by atoms with Crippen LogP contribution in [0, 0.1) is 0 Å². The van der Waals surface area contributed by atoms with Gasteiger partial charge in [-0.15, -0.1) is 0 Å². The Morgan fingerprint density at radius 1 is 1.16 bits per heavy atom. The van der Waals surface area contributed by atoms with Crippen molar-refractivity contribution < 1.29 is 19.1 Å². The molecular formula is C25H29N3O4. The Bertz CT molecular complexity index is 990. The number of carbonyl (C=O) groups excluding carboxylic acids is 1. The van der Waals surface area contributed by atoms with E-state index in [1.807, 2.05) is 48.5 Å². The molecule has 168 valence electrons. The second-order valence-corrected chi connectivity index (χ2v) is 7.79. The van der Waals surface area contributed by atoms with Crippen LogP contribution in [-0.2, 0) is 20.8 Å². The summed E-state index contributed by atoms with van der Waals surface area (Å²) in [4.78, 5) is 25.1. The van der Waals surface area contributed by atoms with Gasteiger partial charge in [-0.05, 0) is 61.6 Å². The number of fused-ring (bicyclic) bond motifs is 1. The lowest BCUT2D eigenvalue weighted by atomic mass is 10.2. The monoisotopic (exact) mass is 435 g/mol. The Morgan fingerprint density at radius 2 is 2.03 bits per heavy atom. The molecule has 0 bridgehead atoms. The molecule has 0 radical (unpaired) electrons. The Kier molecular flexibility index (Phi) is 7.89. The summed E-state index contributed by atoms with van der Waals surface area (Å²) in [5.74, 6) is 1.51. The van der Waals surface area contributed by atoms with Gasteiger partial charge < -0.3 is 14.5 Å². The average molecular weight is 436 g/mol. The number of H-pyrrole nitrogens is 1. The van der Waals surface area contributed by atoms with Gasteiger partial charge >= 0.3 is 0 Å². The largest absolute Gasteiger partial charge is 0.494 e. The highest BCUT2D eigenvalue weighted by Crippen LogP contribution is 2.15. The van der Waals surface area contributed by atoms with E-state index in [9.17, 15) is 4.79 Å². The molecule has 2 aromatic carbocycles. The van der Waals surface area contributed by atoms with Crippen molar-refractivity contribution >= 4 is 23.0 Å². The van der Waals surface area contributed by atoms with Gasteiger partial charge in [0.15, 0.2) is 6.29 Å². The average Bonchev–Trinajstić information content (AvgIpc) is 3.25. The van der Waals surface area contributed by atoms with Crippen LogP contribution < -0.4 is 10.2 Å². The Hall–Kier alpha value is -3.16. The summed E-state index contributed by atoms with van der Waals surface area (Å²) in [6, 6.07) is 15.7. The number of amides is 1. The number of aryl methyl sites for hydroxylation is 1. The molecule has 1 fully saturated rings. The quantitative estimate of drug-likeness (QED) is 0.277. The summed E-state index contributed by atoms with van der Waals surface area (Å²) < 4.78 is 11.2. The predicted octanol–water partition coefficient (Wildman–Crippen LogP) is 4.55. The third-order valence-corrected chi connectivity index (χ3v) is 5.25. The zero-order valence-corrected chi connectivity index (χ0v) is 18.1. The molecule has 1 amide bonds. The van der Waals surface area contributed by atoms with Gasteiger partial charge in [0.05, 0.1) is 17.6 Å². The number of imidazole rings is 1. The van der Waals surface area contributed by atoms with Crippen molar-refractivity contribution in [3.8, 4) is 5.75 Å². The van der Waals surface area contributed by atoms with Gasteiger partial charge in [0.1, 0.15) is 11.6 Å². The number of para-hydroxylation sites is 2. The summed E-state index contributed by atoms with van der Waals surface area (Å²) in [5.41, 5.74) is 5.41. The number of aromatic nitrogens is 2. The maximum Gasteiger partial charge on any atom is 0.267 e. The molecule has 1 saturated heterocycles. The molecular weight excluding hydrogens is 406 g/mol. The normalized spacial score (nSPS) is 16.4. The van der Waals surface area contributed by atoms with Gasteiger partial charge in [-0.1, -0.05) is 24.3 Å². The van der Waals surface area contributed by atoms with E-state index in [0.29, 0.717) is 13.2 Å². The fourth-order valence-corrected chi connectivity index (χ4v) is 3.52. The first-order chi connectivity index (χ1) is 15.8. The van der Waals surface area contributed by atoms with E-state index >= 15 is 0 Å². The van der Waals surface area contributed by atoms with E-state index in [0.717, 1.165) is 66.7 Å². The van der Waals surface area contributed by atoms with E-state index in [-0.39, 0.29) is 12.2 Å². The maximum atomic E-state index is 11.9. The Morgan fingerprint density at radius 3 is 2.84 bits per heavy atom. The van der Waals surface area contributed by atoms with Crippen molar-refractivity contribution in [1.29, 1.82) is 0 Å². The Labute approximate surface area is 187 Å². The van der Waals surface area contributed by atoms with Crippen LogP contribution in [0.2, 0.25) is 0 Å². The van der Waals surface area contributed by atoms with Crippen molar-refractivity contribution in [2.24, 2.45) is 0 Å². The number of aromatic amines is 1. The Balaban J connectivity index is 1.12. The van der Waals surface area contributed by atoms with Crippen molar-refractivity contribution in [3.05, 3.63) is 66.0 Å². The lowest BCUT2D eigenvalue weighted by molar-refractivity contribution is -0.198. The van der Waals surface area contributed by atoms with Crippen LogP contribution >= 0.6 is 0 Å². The first-order valence-electron chi connectivity index (χ1n) is 11.2. The van der Waals surface area contributed by atoms with Gasteiger partial charge in [0.2, 0.25) is 0 Å². The third kappa shape index (κ3) is 6.67. The molecule has 7 heteroatoms. The summed E-state index contributed by atoms with van der Waals surface area (Å²) in [7, 11) is 0. The zero-order chi connectivity index (χ0) is 22.0. The minimum atomic E-state index is -0.351. The maximum absolute atomic E-state index is 11.9. The van der Waals surface area contributed by atoms with E-state index < -0.39 is 0 Å². The first-order valence-corrected chi connectivity index (χ1v) is 11.2. The summed E-state index contributed by atoms with van der Waals surface area (Å²) >= 11 is 0. The van der Waals surface area contributed by atoms with Crippen LogP contribution in [0.5, 0.6) is 5.75 Å². The van der Waals surface area contributed by atoms with Crippen LogP contribution in [0.4, 0.5) is 0 Å². The van der Waals surface area contributed by atoms with Gasteiger partial charge in [-0.25, -0.2) is 15.3 Å². The van der Waals surface area contributed by atoms with Gasteiger partial charge in [-0.3, -0.25) is 4.79 Å². The standard InChI is InChI=1S/C25H29N3O4/c29-24(28-32-25-10-4-6-18-31-25)16-13-19-11-14-20(15-12-19)30-17-5-3-9-23-26-21-7-1-2-8-22(21)27-23/h1-2,7-8,11-16,25H,3-6,9-10,17-18H2,(H,26,27)(H,28,29). The minimum absolute atomic E-state index is 0.316. The fourth-order valence-electron chi connectivity index (χ4n) is 3.52. The topological polar surface area (TPSA) is 85.5 Å². The lowest BCUT2D eigenvalue weighted by Crippen LogP contribution is -2.32. The SMILES string of the molecule is O=C(C=Cc1ccc(OCCCCc2nc3ccccc3[nH]2)cc1)NOC1CCCCO1. The fraction of sp³-hybridized carbons (Fsp3) is 0.360. The molecule has 32 heavy (non-hydrogen) atoms. The summed E-state index contributed by atoms with van der Waals surface area (Å²) in [6.45, 7) is 1.32. The van der Waals surface area contributed by atoms with Crippen molar-refractivity contribution in [2.75, 3.05) is 13.2 Å². The van der Waals surface area contributed by atoms with Gasteiger partial charge in [-0.2, -0.15) is 0 Å². The molecule has 1 aromatic heterocycles. The first kappa shape index (κ1) is 22.0. The minimum Gasteiger partial charge on any atom is -0.494 e. The number of hydroxylamine groups is 1. The number of rotatable bonds is 10. The molecule has 1 atom stereocenters. The molecule has 7 nitrogen and oxygen atoms in total. The number of ether oxygens (including phenoxy) is 2. The van der Waals surface area contributed by atoms with E-state index in [1.54, 1.807) is 6.08 Å². The van der Waals surface area contributed by atoms with Gasteiger partial charge in [0.25, 0.3) is 5.91 Å². The number of unbranched alkanes of at least 4 members (excludes halogenated alkanes) is 1. The molecule has 3 aromatic rings. The summed E-state index contributed by atoms with van der Waals surface area (Å²) in [5, 5.41) is 0. The number of benzene rings is 2. The van der Waals surface area contributed by atoms with Crippen molar-refractivity contribution in [1.82, 2.24) is 15.4 Å². The number of hydrogen-bond donors (Lipinski definition) is 2. The highest BCUT2D eigenvalue weighted by Gasteiger charge is 2.14. The van der Waals surface area contributed by atoms with E-state index in [1.165, 1.54) is 6.08 Å². The van der Waals surface area contributed by atoms with Crippen molar-refractivity contribution in [3.63, 3.8) is 0 Å². The molecule has 1 aliphatic heterocycles. The molecule has 0 spiro atoms. The van der Waals surface area contributed by atoms with E-state index in [4.69, 9.17) is 14.3 Å². The summed E-state index contributed by atoms with van der Waals surface area (Å²) in [6.07, 6.45) is 8.56. The van der Waals surface area contributed by atoms with Crippen LogP contribution in [0.25, 0.3) is 17.1 Å². The van der Waals surface area contributed by atoms with Crippen LogP contribution in [-0.4, -0.2) is 35.4 Å². The predicted molar refractivity (Wildman–Crippen MR) is 123 cm³/mol. The highest BCUT2D eigenvalue weighted by molar-refractivity contribution is 5.90. The van der Waals surface area contributed by atoms with Crippen LogP contribution in [0.3, 0.4) is 0 Å². The van der Waals surface area contributed by atoms with Crippen LogP contribution in [0.15, 0.2) is 54.6 Å². The second-order valence-electron chi connectivity index (χ2n) is 7.79. The van der Waals surface area contributed by atoms with Crippen molar-refractivity contribution in [2.45, 2.75) is 44.8 Å². The lowest BCUT2D eigenvalue weighted by Gasteiger charge is -2.21. The second kappa shape index (κ2) is 11.5. The third-order valence-electron chi connectivity index (χ3n) is 5.25. The molecule has 2 N–H and O–H groups in total. The van der Waals surface area contributed by atoms with Crippen LogP contribution in [0.1, 0.15) is 43.5 Å². The molecule has 0 saturated carbocycles. The number of nitrogens with zero attached hydrogens (tertiary/aromatic N) is 1. The molecule has 2 heterocycles. The molecule has 4 rings (SSSR count). The molecule has 0 aliphatic carbocycles. The van der Waals surface area contributed by atoms with Gasteiger partial charge in [0, 0.05) is 25.5 Å².